The number of aromatic amines is 1. The van der Waals surface area contributed by atoms with Crippen LogP contribution in [0.2, 0.25) is 0 Å². The van der Waals surface area contributed by atoms with E-state index in [0.29, 0.717) is 18.8 Å². The van der Waals surface area contributed by atoms with Gasteiger partial charge in [-0.15, -0.1) is 0 Å². The number of phenols is 1. The number of rotatable bonds is 7. The number of H-pyrrole nitrogens is 1. The number of aromatic hydroxyl groups is 1. The summed E-state index contributed by atoms with van der Waals surface area (Å²) in [6.07, 6.45) is 1.88. The highest BCUT2D eigenvalue weighted by Gasteiger charge is 2.05. The van der Waals surface area contributed by atoms with Crippen LogP contribution in [0.15, 0.2) is 83.7 Å². The number of aliphatic hydroxyl groups excluding tert-OH is 1. The van der Waals surface area contributed by atoms with Gasteiger partial charge in [0.25, 0.3) is 5.56 Å². The fourth-order valence-electron chi connectivity index (χ4n) is 2.57. The highest BCUT2D eigenvalue weighted by Crippen LogP contribution is 2.12. The predicted octanol–water partition coefficient (Wildman–Crippen LogP) is 5.00. The van der Waals surface area contributed by atoms with E-state index in [1.165, 1.54) is 23.7 Å². The number of carbonyl (C=O) groups excluding carboxylic acids is 1. The Morgan fingerprint density at radius 2 is 1.62 bits per heavy atom. The second kappa shape index (κ2) is 15.3. The van der Waals surface area contributed by atoms with Crippen molar-refractivity contribution in [2.24, 2.45) is 0 Å². The minimum absolute atomic E-state index is 0.0144. The molecule has 1 aromatic heterocycles. The van der Waals surface area contributed by atoms with Crippen molar-refractivity contribution in [3.05, 3.63) is 94.8 Å². The van der Waals surface area contributed by atoms with Crippen LogP contribution in [0.4, 0.5) is 0 Å². The van der Waals surface area contributed by atoms with Crippen molar-refractivity contribution in [1.29, 1.82) is 0 Å². The Labute approximate surface area is 202 Å². The standard InChI is InChI=1S/C11H14O3.C8H10O2.C7H5NOS/c1-2-3-8-14-11(13)9-4-6-10(12)7-5-9;9-6-7-10-8-4-2-1-3-5-8;9-7-5-3-1-2-4-6(5)10-8-7/h4-7,12H,2-3,8H2,1H3;1-5,9H,6-7H2;1-4H,(H,8,9). The van der Waals surface area contributed by atoms with Crippen LogP contribution >= 0.6 is 11.5 Å². The van der Waals surface area contributed by atoms with Gasteiger partial charge >= 0.3 is 5.97 Å². The van der Waals surface area contributed by atoms with Gasteiger partial charge in [0.15, 0.2) is 0 Å². The molecule has 0 spiro atoms. The molecule has 0 fully saturated rings. The molecule has 0 saturated carbocycles. The zero-order valence-electron chi connectivity index (χ0n) is 19.0. The van der Waals surface area contributed by atoms with Crippen molar-refractivity contribution in [3.8, 4) is 11.5 Å². The van der Waals surface area contributed by atoms with Crippen LogP contribution in [0.1, 0.15) is 30.1 Å². The maximum absolute atomic E-state index is 11.3. The third-order valence-electron chi connectivity index (χ3n) is 4.32. The second-order valence-electron chi connectivity index (χ2n) is 6.95. The van der Waals surface area contributed by atoms with Crippen molar-refractivity contribution in [3.63, 3.8) is 0 Å². The van der Waals surface area contributed by atoms with Gasteiger partial charge in [-0.1, -0.05) is 55.2 Å². The average Bonchev–Trinajstić information content (AvgIpc) is 3.25. The zero-order valence-corrected chi connectivity index (χ0v) is 19.8. The number of hydrogen-bond acceptors (Lipinski definition) is 7. The van der Waals surface area contributed by atoms with Crippen LogP contribution in [0.5, 0.6) is 11.5 Å². The van der Waals surface area contributed by atoms with Gasteiger partial charge in [-0.2, -0.15) is 0 Å². The van der Waals surface area contributed by atoms with E-state index in [-0.39, 0.29) is 23.9 Å². The average molecular weight is 484 g/mol. The van der Waals surface area contributed by atoms with Crippen LogP contribution in [0, 0.1) is 0 Å². The first kappa shape index (κ1) is 26.6. The van der Waals surface area contributed by atoms with E-state index in [1.807, 2.05) is 61.5 Å². The number of benzene rings is 3. The Balaban J connectivity index is 0.000000184. The highest BCUT2D eigenvalue weighted by atomic mass is 32.1. The number of nitrogens with one attached hydrogen (secondary N) is 1. The molecule has 0 amide bonds. The maximum Gasteiger partial charge on any atom is 0.338 e. The molecule has 0 bridgehead atoms. The Morgan fingerprint density at radius 1 is 0.941 bits per heavy atom. The molecule has 4 aromatic rings. The number of ether oxygens (including phenoxy) is 2. The van der Waals surface area contributed by atoms with Gasteiger partial charge in [0.05, 0.1) is 28.9 Å². The lowest BCUT2D eigenvalue weighted by molar-refractivity contribution is 0.0499. The Morgan fingerprint density at radius 3 is 2.26 bits per heavy atom. The number of aromatic nitrogens is 1. The molecule has 0 aliphatic heterocycles. The SMILES string of the molecule is CCCCOC(=O)c1ccc(O)cc1.O=c1[nH]sc2ccccc12.OCCOc1ccccc1. The number of phenolic OH excluding ortho intramolecular Hbond substituents is 1. The van der Waals surface area contributed by atoms with Crippen molar-refractivity contribution >= 4 is 27.6 Å². The predicted molar refractivity (Wildman–Crippen MR) is 135 cm³/mol. The Bertz CT molecular complexity index is 1160. The van der Waals surface area contributed by atoms with Crippen LogP contribution in [0.3, 0.4) is 0 Å². The van der Waals surface area contributed by atoms with Crippen molar-refractivity contribution in [1.82, 2.24) is 4.37 Å². The molecule has 3 aromatic carbocycles. The monoisotopic (exact) mass is 483 g/mol. The van der Waals surface area contributed by atoms with Crippen LogP contribution < -0.4 is 10.3 Å². The van der Waals surface area contributed by atoms with E-state index >= 15 is 0 Å². The second-order valence-corrected chi connectivity index (χ2v) is 7.80. The van der Waals surface area contributed by atoms with E-state index in [2.05, 4.69) is 4.37 Å². The summed E-state index contributed by atoms with van der Waals surface area (Å²) in [7, 11) is 0. The summed E-state index contributed by atoms with van der Waals surface area (Å²) in [5.74, 6) is 0.616. The number of fused-ring (bicyclic) bond motifs is 1. The van der Waals surface area contributed by atoms with Gasteiger partial charge in [0.2, 0.25) is 0 Å². The summed E-state index contributed by atoms with van der Waals surface area (Å²) in [6, 6.07) is 23.0. The maximum atomic E-state index is 11.3. The number of esters is 1. The van der Waals surface area contributed by atoms with Gasteiger partial charge in [-0.05, 0) is 55.0 Å². The smallest absolute Gasteiger partial charge is 0.338 e. The molecule has 3 N–H and O–H groups in total. The Kier molecular flexibility index (Phi) is 12.0. The van der Waals surface area contributed by atoms with E-state index in [4.69, 9.17) is 19.7 Å². The fraction of sp³-hybridized carbons (Fsp3) is 0.231. The van der Waals surface area contributed by atoms with Crippen molar-refractivity contribution < 1.29 is 24.5 Å². The topological polar surface area (TPSA) is 109 Å². The molecule has 0 saturated heterocycles. The van der Waals surface area contributed by atoms with E-state index in [1.54, 1.807) is 12.1 Å². The molecular formula is C26H29NO6S. The fourth-order valence-corrected chi connectivity index (χ4v) is 3.30. The first-order valence-corrected chi connectivity index (χ1v) is 11.7. The molecule has 0 radical (unpaired) electrons. The summed E-state index contributed by atoms with van der Waals surface area (Å²) in [6.45, 7) is 2.92. The molecule has 0 atom stereocenters. The number of para-hydroxylation sites is 1. The molecule has 4 rings (SSSR count). The van der Waals surface area contributed by atoms with E-state index in [9.17, 15) is 9.59 Å². The van der Waals surface area contributed by atoms with Crippen LogP contribution in [-0.2, 0) is 4.74 Å². The van der Waals surface area contributed by atoms with Crippen molar-refractivity contribution in [2.45, 2.75) is 19.8 Å². The number of carbonyl (C=O) groups is 1. The minimum atomic E-state index is -0.335. The van der Waals surface area contributed by atoms with Gasteiger partial charge in [-0.25, -0.2) is 4.79 Å². The summed E-state index contributed by atoms with van der Waals surface area (Å²) in [4.78, 5) is 22.3. The molecular weight excluding hydrogens is 454 g/mol. The van der Waals surface area contributed by atoms with E-state index < -0.39 is 0 Å². The summed E-state index contributed by atoms with van der Waals surface area (Å²) < 4.78 is 13.8. The minimum Gasteiger partial charge on any atom is -0.508 e. The van der Waals surface area contributed by atoms with Crippen LogP contribution in [0.25, 0.3) is 10.1 Å². The summed E-state index contributed by atoms with van der Waals surface area (Å²) in [5, 5.41) is 18.2. The number of unbranched alkanes of at least 4 members (excludes halogenated alkanes) is 1. The van der Waals surface area contributed by atoms with Gasteiger partial charge in [0, 0.05) is 0 Å². The van der Waals surface area contributed by atoms with Gasteiger partial charge < -0.3 is 19.7 Å². The highest BCUT2D eigenvalue weighted by molar-refractivity contribution is 7.13. The summed E-state index contributed by atoms with van der Waals surface area (Å²) >= 11 is 1.38. The van der Waals surface area contributed by atoms with E-state index in [0.717, 1.165) is 28.7 Å². The lowest BCUT2D eigenvalue weighted by Crippen LogP contribution is -2.05. The zero-order chi connectivity index (χ0) is 24.6. The van der Waals surface area contributed by atoms with Gasteiger partial charge in [-0.3, -0.25) is 9.17 Å². The molecule has 8 heteroatoms. The first-order chi connectivity index (χ1) is 16.5. The molecule has 0 aliphatic carbocycles. The number of hydrogen-bond donors (Lipinski definition) is 3. The lowest BCUT2D eigenvalue weighted by Gasteiger charge is -2.03. The largest absolute Gasteiger partial charge is 0.508 e. The third kappa shape index (κ3) is 9.48. The Hall–Kier alpha value is -3.62. The van der Waals surface area contributed by atoms with Crippen molar-refractivity contribution in [2.75, 3.05) is 19.8 Å². The third-order valence-corrected chi connectivity index (χ3v) is 5.19. The molecule has 34 heavy (non-hydrogen) atoms. The molecule has 180 valence electrons. The lowest BCUT2D eigenvalue weighted by atomic mass is 10.2. The molecule has 7 nitrogen and oxygen atoms in total. The first-order valence-electron chi connectivity index (χ1n) is 10.9. The normalized spacial score (nSPS) is 9.82. The number of aliphatic hydroxyl groups is 1. The molecule has 0 aliphatic rings. The summed E-state index contributed by atoms with van der Waals surface area (Å²) in [5.41, 5.74) is 0.486. The quantitative estimate of drug-likeness (QED) is 0.252. The molecule has 1 heterocycles. The van der Waals surface area contributed by atoms with Gasteiger partial charge in [0.1, 0.15) is 18.1 Å². The van der Waals surface area contributed by atoms with Crippen LogP contribution in [-0.4, -0.2) is 40.4 Å². The molecule has 0 unspecified atom stereocenters.